The van der Waals surface area contributed by atoms with Gasteiger partial charge in [0.25, 0.3) is 0 Å². The highest BCUT2D eigenvalue weighted by Gasteiger charge is 2.18. The SMILES string of the molecule is Cc1c(Cl)cccc1C(O)C1=COCCC1. The Bertz CT molecular complexity index is 412. The predicted molar refractivity (Wildman–Crippen MR) is 64.4 cm³/mol. The average molecular weight is 239 g/mol. The van der Waals surface area contributed by atoms with Crippen molar-refractivity contribution in [3.63, 3.8) is 0 Å². The highest BCUT2D eigenvalue weighted by molar-refractivity contribution is 6.31. The third-order valence-electron chi connectivity index (χ3n) is 2.92. The minimum atomic E-state index is -0.598. The second-order valence-corrected chi connectivity index (χ2v) is 4.43. The van der Waals surface area contributed by atoms with Gasteiger partial charge in [-0.05, 0) is 42.5 Å². The Hall–Kier alpha value is -0.990. The summed E-state index contributed by atoms with van der Waals surface area (Å²) < 4.78 is 5.24. The molecule has 1 aliphatic heterocycles. The maximum absolute atomic E-state index is 10.2. The monoisotopic (exact) mass is 238 g/mol. The van der Waals surface area contributed by atoms with Crippen LogP contribution in [0.3, 0.4) is 0 Å². The molecule has 1 aromatic rings. The molecule has 2 nitrogen and oxygen atoms in total. The third-order valence-corrected chi connectivity index (χ3v) is 3.33. The van der Waals surface area contributed by atoms with E-state index in [1.54, 1.807) is 6.26 Å². The van der Waals surface area contributed by atoms with Crippen molar-refractivity contribution < 1.29 is 9.84 Å². The Labute approximate surface area is 101 Å². The molecule has 0 aliphatic carbocycles. The third kappa shape index (κ3) is 2.23. The number of aliphatic hydroxyl groups excluding tert-OH is 1. The van der Waals surface area contributed by atoms with Crippen LogP contribution < -0.4 is 0 Å². The molecular weight excluding hydrogens is 224 g/mol. The number of hydrogen-bond acceptors (Lipinski definition) is 2. The van der Waals surface area contributed by atoms with Gasteiger partial charge in [-0.15, -0.1) is 0 Å². The molecule has 1 N–H and O–H groups in total. The van der Waals surface area contributed by atoms with Gasteiger partial charge in [0.05, 0.1) is 12.9 Å². The first-order valence-corrected chi connectivity index (χ1v) is 5.81. The predicted octanol–water partition coefficient (Wildman–Crippen LogP) is 3.38. The molecule has 16 heavy (non-hydrogen) atoms. The van der Waals surface area contributed by atoms with Crippen molar-refractivity contribution >= 4 is 11.6 Å². The van der Waals surface area contributed by atoms with Gasteiger partial charge >= 0.3 is 0 Å². The van der Waals surface area contributed by atoms with Crippen LogP contribution in [-0.2, 0) is 4.74 Å². The lowest BCUT2D eigenvalue weighted by Crippen LogP contribution is -2.09. The molecule has 2 rings (SSSR count). The van der Waals surface area contributed by atoms with Crippen molar-refractivity contribution in [3.8, 4) is 0 Å². The van der Waals surface area contributed by atoms with E-state index < -0.39 is 6.10 Å². The van der Waals surface area contributed by atoms with Crippen molar-refractivity contribution in [2.45, 2.75) is 25.9 Å². The fraction of sp³-hybridized carbons (Fsp3) is 0.385. The molecule has 1 aromatic carbocycles. The van der Waals surface area contributed by atoms with E-state index in [4.69, 9.17) is 16.3 Å². The normalized spacial score (nSPS) is 17.6. The molecule has 0 aromatic heterocycles. The zero-order valence-corrected chi connectivity index (χ0v) is 10.00. The molecule has 1 aliphatic rings. The van der Waals surface area contributed by atoms with Gasteiger partial charge < -0.3 is 9.84 Å². The zero-order valence-electron chi connectivity index (χ0n) is 9.24. The maximum Gasteiger partial charge on any atom is 0.104 e. The quantitative estimate of drug-likeness (QED) is 0.856. The molecule has 3 heteroatoms. The summed E-state index contributed by atoms with van der Waals surface area (Å²) in [5.41, 5.74) is 2.73. The smallest absolute Gasteiger partial charge is 0.104 e. The first kappa shape index (κ1) is 11.5. The summed E-state index contributed by atoms with van der Waals surface area (Å²) in [6.45, 7) is 2.66. The van der Waals surface area contributed by atoms with Gasteiger partial charge in [-0.3, -0.25) is 0 Å². The Morgan fingerprint density at radius 3 is 2.94 bits per heavy atom. The number of halogens is 1. The topological polar surface area (TPSA) is 29.5 Å². The van der Waals surface area contributed by atoms with Crippen molar-refractivity contribution in [2.75, 3.05) is 6.61 Å². The maximum atomic E-state index is 10.2. The van der Waals surface area contributed by atoms with E-state index >= 15 is 0 Å². The molecule has 0 fully saturated rings. The summed E-state index contributed by atoms with van der Waals surface area (Å²) in [7, 11) is 0. The van der Waals surface area contributed by atoms with Crippen molar-refractivity contribution in [2.24, 2.45) is 0 Å². The number of ether oxygens (including phenoxy) is 1. The van der Waals surface area contributed by atoms with Gasteiger partial charge in [0.1, 0.15) is 6.10 Å². The number of rotatable bonds is 2. The van der Waals surface area contributed by atoms with E-state index in [0.717, 1.165) is 36.1 Å². The molecule has 0 saturated carbocycles. The Morgan fingerprint density at radius 2 is 2.25 bits per heavy atom. The molecule has 0 radical (unpaired) electrons. The Kier molecular flexibility index (Phi) is 3.52. The highest BCUT2D eigenvalue weighted by atomic mass is 35.5. The molecule has 0 amide bonds. The average Bonchev–Trinajstić information content (AvgIpc) is 2.33. The second kappa shape index (κ2) is 4.89. The summed E-state index contributed by atoms with van der Waals surface area (Å²) >= 11 is 6.04. The van der Waals surface area contributed by atoms with Crippen LogP contribution in [0.4, 0.5) is 0 Å². The van der Waals surface area contributed by atoms with E-state index in [-0.39, 0.29) is 0 Å². The fourth-order valence-electron chi connectivity index (χ4n) is 1.91. The van der Waals surface area contributed by atoms with E-state index in [1.807, 2.05) is 25.1 Å². The molecule has 86 valence electrons. The number of benzene rings is 1. The van der Waals surface area contributed by atoms with Gasteiger partial charge in [-0.1, -0.05) is 23.7 Å². The van der Waals surface area contributed by atoms with Crippen LogP contribution in [0, 0.1) is 6.92 Å². The first-order valence-electron chi connectivity index (χ1n) is 5.44. The fourth-order valence-corrected chi connectivity index (χ4v) is 2.09. The minimum absolute atomic E-state index is 0.598. The second-order valence-electron chi connectivity index (χ2n) is 4.02. The van der Waals surface area contributed by atoms with Crippen LogP contribution in [0.2, 0.25) is 5.02 Å². The van der Waals surface area contributed by atoms with Gasteiger partial charge in [-0.2, -0.15) is 0 Å². The molecular formula is C13H15ClO2. The summed E-state index contributed by atoms with van der Waals surface area (Å²) in [6.07, 6.45) is 2.92. The lowest BCUT2D eigenvalue weighted by molar-refractivity contribution is 0.170. The van der Waals surface area contributed by atoms with Crippen molar-refractivity contribution in [3.05, 3.63) is 46.2 Å². The van der Waals surface area contributed by atoms with Crippen LogP contribution in [0.25, 0.3) is 0 Å². The zero-order chi connectivity index (χ0) is 11.5. The van der Waals surface area contributed by atoms with Crippen LogP contribution in [0.1, 0.15) is 30.1 Å². The van der Waals surface area contributed by atoms with Crippen LogP contribution in [0.5, 0.6) is 0 Å². The van der Waals surface area contributed by atoms with E-state index in [9.17, 15) is 5.11 Å². The summed E-state index contributed by atoms with van der Waals surface area (Å²) in [4.78, 5) is 0. The molecule has 0 bridgehead atoms. The summed E-state index contributed by atoms with van der Waals surface area (Å²) in [5, 5.41) is 10.9. The van der Waals surface area contributed by atoms with E-state index in [2.05, 4.69) is 0 Å². The van der Waals surface area contributed by atoms with E-state index in [0.29, 0.717) is 5.02 Å². The lowest BCUT2D eigenvalue weighted by atomic mass is 9.95. The van der Waals surface area contributed by atoms with Crippen LogP contribution in [-0.4, -0.2) is 11.7 Å². The van der Waals surface area contributed by atoms with Crippen molar-refractivity contribution in [1.82, 2.24) is 0 Å². The lowest BCUT2D eigenvalue weighted by Gasteiger charge is -2.20. The number of hydrogen-bond donors (Lipinski definition) is 1. The van der Waals surface area contributed by atoms with Crippen LogP contribution >= 0.6 is 11.6 Å². The first-order chi connectivity index (χ1) is 7.70. The summed E-state index contributed by atoms with van der Waals surface area (Å²) in [5.74, 6) is 0. The van der Waals surface area contributed by atoms with E-state index in [1.165, 1.54) is 0 Å². The van der Waals surface area contributed by atoms with Crippen LogP contribution in [0.15, 0.2) is 30.0 Å². The van der Waals surface area contributed by atoms with Crippen molar-refractivity contribution in [1.29, 1.82) is 0 Å². The Morgan fingerprint density at radius 1 is 1.44 bits per heavy atom. The molecule has 1 atom stereocenters. The molecule has 1 heterocycles. The van der Waals surface area contributed by atoms with Gasteiger partial charge in [0, 0.05) is 5.02 Å². The van der Waals surface area contributed by atoms with Gasteiger partial charge in [-0.25, -0.2) is 0 Å². The van der Waals surface area contributed by atoms with Gasteiger partial charge in [0.2, 0.25) is 0 Å². The Balaban J connectivity index is 2.29. The number of aliphatic hydroxyl groups is 1. The highest BCUT2D eigenvalue weighted by Crippen LogP contribution is 2.31. The standard InChI is InChI=1S/C13H15ClO2/c1-9-11(5-2-6-12(9)14)13(15)10-4-3-7-16-8-10/h2,5-6,8,13,15H,3-4,7H2,1H3. The summed E-state index contributed by atoms with van der Waals surface area (Å²) in [6, 6.07) is 5.60. The molecule has 1 unspecified atom stereocenters. The largest absolute Gasteiger partial charge is 0.501 e. The van der Waals surface area contributed by atoms with Gasteiger partial charge in [0.15, 0.2) is 0 Å². The molecule has 0 spiro atoms. The minimum Gasteiger partial charge on any atom is -0.501 e. The molecule has 0 saturated heterocycles.